The van der Waals surface area contributed by atoms with Crippen molar-refractivity contribution < 1.29 is 18.7 Å². The van der Waals surface area contributed by atoms with E-state index < -0.39 is 12.0 Å². The zero-order valence-corrected chi connectivity index (χ0v) is 6.39. The fourth-order valence-electron chi connectivity index (χ4n) is 1.09. The van der Waals surface area contributed by atoms with E-state index in [2.05, 4.69) is 5.32 Å². The maximum atomic E-state index is 12.2. The molecular weight excluding hydrogens is 170 g/mol. The van der Waals surface area contributed by atoms with Crippen molar-refractivity contribution in [3.8, 4) is 0 Å². The molecule has 0 radical (unpaired) electrons. The number of hydrogen-bond acceptors (Lipinski definition) is 2. The summed E-state index contributed by atoms with van der Waals surface area (Å²) in [7, 11) is 0. The molecule has 0 aliphatic carbocycles. The van der Waals surface area contributed by atoms with Crippen LogP contribution in [-0.2, 0) is 0 Å². The van der Waals surface area contributed by atoms with Crippen LogP contribution in [0.1, 0.15) is 0 Å². The Hall–Kier alpha value is -0.910. The number of nitrogens with zero attached hydrogens (tertiary/aromatic N) is 1. The third-order valence-corrected chi connectivity index (χ3v) is 1.61. The largest absolute Gasteiger partial charge is 0.465 e. The van der Waals surface area contributed by atoms with Gasteiger partial charge in [-0.15, -0.1) is 0 Å². The van der Waals surface area contributed by atoms with Crippen molar-refractivity contribution in [1.82, 2.24) is 10.2 Å². The van der Waals surface area contributed by atoms with Gasteiger partial charge in [-0.3, -0.25) is 4.90 Å². The molecule has 0 bridgehead atoms. The second kappa shape index (κ2) is 3.22. The van der Waals surface area contributed by atoms with Gasteiger partial charge in [0.15, 0.2) is 0 Å². The van der Waals surface area contributed by atoms with E-state index in [1.54, 1.807) is 0 Å². The molecule has 0 saturated carbocycles. The second-order valence-electron chi connectivity index (χ2n) is 2.80. The van der Waals surface area contributed by atoms with Gasteiger partial charge in [-0.05, 0) is 0 Å². The average molecular weight is 180 g/mol. The molecule has 0 aromatic rings. The van der Waals surface area contributed by atoms with E-state index in [0.29, 0.717) is 6.54 Å². The molecule has 1 aliphatic heterocycles. The molecule has 1 rings (SSSR count). The Balaban J connectivity index is 2.01. The standard InChI is InChI=1S/C6H10F2N2O2/c7-6(8)3-10(4-6)2-1-9-5(11)12/h9H,1-4H2,(H,11,12). The third-order valence-electron chi connectivity index (χ3n) is 1.61. The van der Waals surface area contributed by atoms with E-state index >= 15 is 0 Å². The first kappa shape index (κ1) is 9.18. The van der Waals surface area contributed by atoms with Gasteiger partial charge in [0, 0.05) is 13.1 Å². The number of alkyl halides is 2. The summed E-state index contributed by atoms with van der Waals surface area (Å²) in [6, 6.07) is 0. The lowest BCUT2D eigenvalue weighted by molar-refractivity contribution is -0.129. The number of rotatable bonds is 3. The Labute approximate surface area is 68.2 Å². The highest BCUT2D eigenvalue weighted by molar-refractivity contribution is 5.64. The van der Waals surface area contributed by atoms with Crippen LogP contribution in [0.25, 0.3) is 0 Å². The van der Waals surface area contributed by atoms with E-state index in [-0.39, 0.29) is 19.6 Å². The minimum Gasteiger partial charge on any atom is -0.465 e. The summed E-state index contributed by atoms with van der Waals surface area (Å²) in [4.78, 5) is 11.4. The molecule has 1 fully saturated rings. The normalized spacial score (nSPS) is 21.5. The van der Waals surface area contributed by atoms with Gasteiger partial charge in [0.1, 0.15) is 0 Å². The van der Waals surface area contributed by atoms with Crippen LogP contribution in [0.4, 0.5) is 13.6 Å². The first-order chi connectivity index (χ1) is 5.49. The highest BCUT2D eigenvalue weighted by atomic mass is 19.3. The molecule has 0 spiro atoms. The number of carbonyl (C=O) groups is 1. The van der Waals surface area contributed by atoms with Crippen molar-refractivity contribution in [3.63, 3.8) is 0 Å². The van der Waals surface area contributed by atoms with Gasteiger partial charge in [0.05, 0.1) is 13.1 Å². The summed E-state index contributed by atoms with van der Waals surface area (Å²) < 4.78 is 24.4. The molecular formula is C6H10F2N2O2. The van der Waals surface area contributed by atoms with Crippen LogP contribution in [0, 0.1) is 0 Å². The zero-order valence-electron chi connectivity index (χ0n) is 6.39. The highest BCUT2D eigenvalue weighted by Crippen LogP contribution is 2.25. The van der Waals surface area contributed by atoms with Gasteiger partial charge in [-0.1, -0.05) is 0 Å². The lowest BCUT2D eigenvalue weighted by Crippen LogP contribution is -2.57. The molecule has 70 valence electrons. The Bertz CT molecular complexity index is 178. The van der Waals surface area contributed by atoms with Gasteiger partial charge in [-0.2, -0.15) is 0 Å². The summed E-state index contributed by atoms with van der Waals surface area (Å²) in [6.07, 6.45) is -1.12. The van der Waals surface area contributed by atoms with Crippen molar-refractivity contribution in [3.05, 3.63) is 0 Å². The number of hydrogen-bond donors (Lipinski definition) is 2. The number of amides is 1. The van der Waals surface area contributed by atoms with Crippen LogP contribution in [0.3, 0.4) is 0 Å². The third kappa shape index (κ3) is 2.61. The van der Waals surface area contributed by atoms with Crippen molar-refractivity contribution in [2.45, 2.75) is 5.92 Å². The molecule has 1 saturated heterocycles. The number of likely N-dealkylation sites (tertiary alicyclic amines) is 1. The minimum atomic E-state index is -2.57. The highest BCUT2D eigenvalue weighted by Gasteiger charge is 2.43. The number of nitrogens with one attached hydrogen (secondary N) is 1. The van der Waals surface area contributed by atoms with E-state index in [0.717, 1.165) is 0 Å². The molecule has 6 heteroatoms. The lowest BCUT2D eigenvalue weighted by Gasteiger charge is -2.38. The molecule has 1 heterocycles. The minimum absolute atomic E-state index is 0.200. The molecule has 0 atom stereocenters. The second-order valence-corrected chi connectivity index (χ2v) is 2.80. The first-order valence-electron chi connectivity index (χ1n) is 3.57. The quantitative estimate of drug-likeness (QED) is 0.652. The van der Waals surface area contributed by atoms with Crippen LogP contribution in [-0.4, -0.2) is 48.2 Å². The molecule has 1 aliphatic rings. The van der Waals surface area contributed by atoms with Crippen LogP contribution in [0.5, 0.6) is 0 Å². The Kier molecular flexibility index (Phi) is 2.46. The molecule has 4 nitrogen and oxygen atoms in total. The SMILES string of the molecule is O=C(O)NCCN1CC(F)(F)C1. The Morgan fingerprint density at radius 1 is 1.58 bits per heavy atom. The van der Waals surface area contributed by atoms with Crippen LogP contribution < -0.4 is 5.32 Å². The summed E-state index contributed by atoms with van der Waals surface area (Å²) >= 11 is 0. The van der Waals surface area contributed by atoms with Crippen LogP contribution in [0.2, 0.25) is 0 Å². The van der Waals surface area contributed by atoms with Gasteiger partial charge >= 0.3 is 6.09 Å². The fourth-order valence-corrected chi connectivity index (χ4v) is 1.09. The first-order valence-corrected chi connectivity index (χ1v) is 3.57. The van der Waals surface area contributed by atoms with E-state index in [1.807, 2.05) is 0 Å². The molecule has 0 aromatic carbocycles. The Morgan fingerprint density at radius 3 is 2.58 bits per heavy atom. The van der Waals surface area contributed by atoms with Crippen molar-refractivity contribution in [2.75, 3.05) is 26.2 Å². The summed E-state index contributed by atoms with van der Waals surface area (Å²) in [6.45, 7) is 0.0376. The van der Waals surface area contributed by atoms with E-state index in [1.165, 1.54) is 4.90 Å². The van der Waals surface area contributed by atoms with E-state index in [4.69, 9.17) is 5.11 Å². The van der Waals surface area contributed by atoms with Gasteiger partial charge in [0.25, 0.3) is 5.92 Å². The monoisotopic (exact) mass is 180 g/mol. The maximum Gasteiger partial charge on any atom is 0.404 e. The molecule has 12 heavy (non-hydrogen) atoms. The summed E-state index contributed by atoms with van der Waals surface area (Å²) in [5.41, 5.74) is 0. The van der Waals surface area contributed by atoms with Crippen LogP contribution in [0.15, 0.2) is 0 Å². The summed E-state index contributed by atoms with van der Waals surface area (Å²) in [5, 5.41) is 10.2. The molecule has 0 unspecified atom stereocenters. The molecule has 0 aromatic heterocycles. The number of halogens is 2. The fraction of sp³-hybridized carbons (Fsp3) is 0.833. The van der Waals surface area contributed by atoms with Gasteiger partial charge in [0.2, 0.25) is 0 Å². The predicted octanol–water partition coefficient (Wildman–Crippen LogP) is 0.205. The molecule has 1 amide bonds. The van der Waals surface area contributed by atoms with Crippen molar-refractivity contribution in [2.24, 2.45) is 0 Å². The predicted molar refractivity (Wildman–Crippen MR) is 37.4 cm³/mol. The van der Waals surface area contributed by atoms with Gasteiger partial charge in [-0.25, -0.2) is 13.6 Å². The Morgan fingerprint density at radius 2 is 2.17 bits per heavy atom. The van der Waals surface area contributed by atoms with Crippen LogP contribution >= 0.6 is 0 Å². The zero-order chi connectivity index (χ0) is 9.19. The topological polar surface area (TPSA) is 52.6 Å². The average Bonchev–Trinajstić information content (AvgIpc) is 1.82. The lowest BCUT2D eigenvalue weighted by atomic mass is 10.1. The smallest absolute Gasteiger partial charge is 0.404 e. The van der Waals surface area contributed by atoms with E-state index in [9.17, 15) is 13.6 Å². The maximum absolute atomic E-state index is 12.2. The van der Waals surface area contributed by atoms with Crippen molar-refractivity contribution in [1.29, 1.82) is 0 Å². The van der Waals surface area contributed by atoms with Crippen molar-refractivity contribution >= 4 is 6.09 Å². The molecule has 2 N–H and O–H groups in total. The number of carboxylic acid groups (broad SMARTS) is 1. The summed E-state index contributed by atoms with van der Waals surface area (Å²) in [5.74, 6) is -2.57. The van der Waals surface area contributed by atoms with Gasteiger partial charge < -0.3 is 10.4 Å².